The van der Waals surface area contributed by atoms with Crippen molar-refractivity contribution in [3.05, 3.63) is 255 Å². The third-order valence-electron chi connectivity index (χ3n) is 19.1. The maximum atomic E-state index is 6.82. The summed E-state index contributed by atoms with van der Waals surface area (Å²) in [6, 6.07) is 90.8. The van der Waals surface area contributed by atoms with E-state index < -0.39 is 0 Å². The molecule has 0 unspecified atom stereocenters. The van der Waals surface area contributed by atoms with E-state index in [1.807, 2.05) is 72.8 Å². The summed E-state index contributed by atoms with van der Waals surface area (Å²) in [5, 5.41) is 4.63. The molecule has 10 heteroatoms. The van der Waals surface area contributed by atoms with Crippen LogP contribution >= 0.6 is 0 Å². The number of rotatable bonds is 6. The smallest absolute Gasteiger partial charge is 0.270 e. The monoisotopic (exact) mass is 1120 g/mol. The lowest BCUT2D eigenvalue weighted by molar-refractivity contribution is 0.442. The maximum Gasteiger partial charge on any atom is 0.270 e. The van der Waals surface area contributed by atoms with Gasteiger partial charge in [-0.15, -0.1) is 0 Å². The molecule has 15 aromatic rings. The largest absolute Gasteiger partial charge is 0.458 e. The minimum Gasteiger partial charge on any atom is -0.458 e. The van der Waals surface area contributed by atoms with Crippen LogP contribution in [0.5, 0.6) is 69.0 Å². The lowest BCUT2D eigenvalue weighted by atomic mass is 9.34. The second-order valence-corrected chi connectivity index (χ2v) is 23.7. The highest BCUT2D eigenvalue weighted by Crippen LogP contribution is 2.54. The van der Waals surface area contributed by atoms with Crippen LogP contribution in [-0.2, 0) is 0 Å². The fourth-order valence-corrected chi connectivity index (χ4v) is 15.6. The van der Waals surface area contributed by atoms with Gasteiger partial charge in [-0.1, -0.05) is 146 Å². The van der Waals surface area contributed by atoms with Gasteiger partial charge in [0, 0.05) is 76.8 Å². The highest BCUT2D eigenvalue weighted by Gasteiger charge is 2.48. The van der Waals surface area contributed by atoms with Crippen LogP contribution < -0.4 is 61.2 Å². The summed E-state index contributed by atoms with van der Waals surface area (Å²) < 4.78 is 45.2. The molecule has 0 saturated heterocycles. The highest BCUT2D eigenvalue weighted by atomic mass is 16.5. The highest BCUT2D eigenvalue weighted by molar-refractivity contribution is 7.00. The van der Waals surface area contributed by atoms with Gasteiger partial charge < -0.3 is 37.6 Å². The van der Waals surface area contributed by atoms with Crippen molar-refractivity contribution in [2.75, 3.05) is 0 Å². The van der Waals surface area contributed by atoms with Crippen LogP contribution in [-0.4, -0.2) is 22.6 Å². The Balaban J connectivity index is 0.788. The summed E-state index contributed by atoms with van der Waals surface area (Å²) in [5.74, 6) is 9.67. The molecule has 0 spiro atoms. The van der Waals surface area contributed by atoms with Crippen molar-refractivity contribution in [3.63, 3.8) is 0 Å². The number of hydrogen-bond acceptors (Lipinski definition) is 6. The molecule has 6 aliphatic heterocycles. The number of fused-ring (bicyclic) bond motifs is 6. The lowest BCUT2D eigenvalue weighted by Gasteiger charge is -2.37. The van der Waals surface area contributed by atoms with Crippen molar-refractivity contribution < 1.29 is 28.4 Å². The number of aromatic nitrogens is 2. The fourth-order valence-electron chi connectivity index (χ4n) is 15.6. The third kappa shape index (κ3) is 6.19. The molecule has 406 valence electrons. The maximum absolute atomic E-state index is 6.82. The van der Waals surface area contributed by atoms with E-state index in [1.165, 1.54) is 0 Å². The first-order valence-corrected chi connectivity index (χ1v) is 29.9. The number of para-hydroxylation sites is 4. The summed E-state index contributed by atoms with van der Waals surface area (Å²) in [6.07, 6.45) is 0. The van der Waals surface area contributed by atoms with E-state index in [2.05, 4.69) is 191 Å². The van der Waals surface area contributed by atoms with Crippen LogP contribution in [0.4, 0.5) is 0 Å². The zero-order valence-corrected chi connectivity index (χ0v) is 46.7. The summed E-state index contributed by atoms with van der Waals surface area (Å²) in [6.45, 7) is -0.119. The van der Waals surface area contributed by atoms with Gasteiger partial charge in [-0.25, -0.2) is 0 Å². The molecule has 21 rings (SSSR count). The standard InChI is InChI=1S/C78H42B2N2O6/c1-3-15-49(16-4-1)81-53-21-9-7-19-51(53)69-68(46-37-33-44(34-38-46)48-41-65-76-66(42-48)88-62-30-14-26-58-74(62)80(76)73-57(84-58)25-13-29-61(73)87-65)78-70(52-20-8-10-22-54(52)82(78)50-17-5-2-6-18-50)67(77(69)81)45-35-31-43(32-36-45)47-39-63-75-64(40-47)86-60-28-12-24-56-72(60)79(75)71-55(83-56)23-11-27-59(71)85-63/h1-42H. The van der Waals surface area contributed by atoms with Crippen LogP contribution in [0.3, 0.4) is 0 Å². The van der Waals surface area contributed by atoms with E-state index in [9.17, 15) is 0 Å². The second kappa shape index (κ2) is 17.1. The predicted molar refractivity (Wildman–Crippen MR) is 352 cm³/mol. The van der Waals surface area contributed by atoms with E-state index in [0.717, 1.165) is 201 Å². The quantitative estimate of drug-likeness (QED) is 0.155. The SMILES string of the molecule is c1ccc(-n2c3ccccc3c3c(-c4ccc(-c5cc6c7c(c5)Oc5cccc8c5B7c5c(cccc5O6)O8)cc4)c4c(c(-c5ccc(-c6cc7c8c(c6)Oc6cccc9c6B8c6c(cccc6O7)O9)cc5)c32)c2ccccc2n4-c2ccccc2)cc1. The lowest BCUT2D eigenvalue weighted by Crippen LogP contribution is -2.59. The Hall–Kier alpha value is -11.6. The Kier molecular flexibility index (Phi) is 9.06. The van der Waals surface area contributed by atoms with E-state index in [4.69, 9.17) is 28.4 Å². The van der Waals surface area contributed by atoms with Crippen molar-refractivity contribution in [2.24, 2.45) is 0 Å². The van der Waals surface area contributed by atoms with E-state index in [-0.39, 0.29) is 13.4 Å². The normalized spacial score (nSPS) is 13.5. The van der Waals surface area contributed by atoms with Crippen LogP contribution in [0.1, 0.15) is 0 Å². The minimum atomic E-state index is -0.0596. The van der Waals surface area contributed by atoms with Crippen molar-refractivity contribution in [3.8, 4) is 125 Å². The zero-order chi connectivity index (χ0) is 57.0. The molecule has 2 aromatic heterocycles. The minimum absolute atomic E-state index is 0.0596. The van der Waals surface area contributed by atoms with Gasteiger partial charge in [0.1, 0.15) is 69.0 Å². The molecule has 13 aromatic carbocycles. The van der Waals surface area contributed by atoms with Crippen molar-refractivity contribution in [1.82, 2.24) is 9.13 Å². The van der Waals surface area contributed by atoms with E-state index >= 15 is 0 Å². The topological polar surface area (TPSA) is 65.2 Å². The van der Waals surface area contributed by atoms with Gasteiger partial charge in [0.25, 0.3) is 13.4 Å². The summed E-state index contributed by atoms with van der Waals surface area (Å²) in [5.41, 5.74) is 21.4. The molecular formula is C78H42B2N2O6. The first kappa shape index (κ1) is 46.7. The number of benzene rings is 13. The number of hydrogen-bond donors (Lipinski definition) is 0. The summed E-state index contributed by atoms with van der Waals surface area (Å²) in [7, 11) is 0. The molecule has 0 bridgehead atoms. The van der Waals surface area contributed by atoms with E-state index in [0.29, 0.717) is 0 Å². The molecule has 8 heterocycles. The molecule has 0 atom stereocenters. The predicted octanol–water partition coefficient (Wildman–Crippen LogP) is 16.2. The zero-order valence-electron chi connectivity index (χ0n) is 46.7. The van der Waals surface area contributed by atoms with Gasteiger partial charge in [0.05, 0.1) is 22.1 Å². The molecule has 8 nitrogen and oxygen atoms in total. The average Bonchev–Trinajstić information content (AvgIpc) is 1.44. The molecule has 0 aliphatic carbocycles. The van der Waals surface area contributed by atoms with Gasteiger partial charge in [-0.05, 0) is 143 Å². The Morgan fingerprint density at radius 3 is 0.830 bits per heavy atom. The van der Waals surface area contributed by atoms with Gasteiger partial charge in [0.15, 0.2) is 0 Å². The van der Waals surface area contributed by atoms with Gasteiger partial charge >= 0.3 is 0 Å². The molecule has 0 saturated carbocycles. The number of ether oxygens (including phenoxy) is 6. The second-order valence-electron chi connectivity index (χ2n) is 23.7. The molecular weight excluding hydrogens is 1080 g/mol. The Bertz CT molecular complexity index is 5140. The Labute approximate surface area is 504 Å². The first-order valence-electron chi connectivity index (χ1n) is 29.9. The van der Waals surface area contributed by atoms with Gasteiger partial charge in [0.2, 0.25) is 0 Å². The number of nitrogens with zero attached hydrogens (tertiary/aromatic N) is 2. The molecule has 0 radical (unpaired) electrons. The van der Waals surface area contributed by atoms with Crippen LogP contribution in [0, 0.1) is 0 Å². The van der Waals surface area contributed by atoms with E-state index in [1.54, 1.807) is 0 Å². The van der Waals surface area contributed by atoms with Crippen LogP contribution in [0.25, 0.3) is 99.5 Å². The fraction of sp³-hybridized carbons (Fsp3) is 0. The average molecular weight is 1120 g/mol. The van der Waals surface area contributed by atoms with Crippen LogP contribution in [0.2, 0.25) is 0 Å². The Morgan fingerprint density at radius 2 is 0.500 bits per heavy atom. The molecule has 6 aliphatic rings. The molecule has 0 amide bonds. The summed E-state index contributed by atoms with van der Waals surface area (Å²) >= 11 is 0. The molecule has 0 N–H and O–H groups in total. The van der Waals surface area contributed by atoms with Crippen molar-refractivity contribution >= 4 is 89.8 Å². The molecule has 0 fully saturated rings. The van der Waals surface area contributed by atoms with Gasteiger partial charge in [-0.2, -0.15) is 0 Å². The van der Waals surface area contributed by atoms with Gasteiger partial charge in [-0.3, -0.25) is 0 Å². The van der Waals surface area contributed by atoms with Crippen molar-refractivity contribution in [2.45, 2.75) is 0 Å². The van der Waals surface area contributed by atoms with Crippen molar-refractivity contribution in [1.29, 1.82) is 0 Å². The molecule has 88 heavy (non-hydrogen) atoms. The van der Waals surface area contributed by atoms with Crippen LogP contribution in [0.15, 0.2) is 255 Å². The third-order valence-corrected chi connectivity index (χ3v) is 19.1. The first-order chi connectivity index (χ1) is 43.6. The summed E-state index contributed by atoms with van der Waals surface area (Å²) in [4.78, 5) is 0. The Morgan fingerprint density at radius 1 is 0.227 bits per heavy atom.